The first kappa shape index (κ1) is 15.0. The number of carbonyl (C=O) groups is 1. The van der Waals surface area contributed by atoms with Gasteiger partial charge >= 0.3 is 0 Å². The lowest BCUT2D eigenvalue weighted by molar-refractivity contribution is -0.108. The largest absolute Gasteiger partial charge is 0.497 e. The molecular formula is C14H12N4O4S. The van der Waals surface area contributed by atoms with Gasteiger partial charge in [0.2, 0.25) is 6.41 Å². The van der Waals surface area contributed by atoms with Crippen LogP contribution in [-0.2, 0) is 14.8 Å². The number of aromatic nitrogens is 3. The van der Waals surface area contributed by atoms with E-state index in [2.05, 4.69) is 10.3 Å². The Balaban J connectivity index is 2.01. The predicted octanol–water partition coefficient (Wildman–Crippen LogP) is 0.864. The molecule has 1 aromatic heterocycles. The monoisotopic (exact) mass is 332 g/mol. The summed E-state index contributed by atoms with van der Waals surface area (Å²) in [5.74, 6) is 0.672. The molecule has 8 nitrogen and oxygen atoms in total. The van der Waals surface area contributed by atoms with Crippen LogP contribution in [-0.4, -0.2) is 36.9 Å². The number of carbonyl (C=O) groups excluding carboxylic acids is 1. The Hall–Kier alpha value is -2.94. The number of sulfonamides is 1. The molecule has 1 amide bonds. The van der Waals surface area contributed by atoms with Crippen LogP contribution in [0.5, 0.6) is 5.75 Å². The first-order valence-electron chi connectivity index (χ1n) is 6.51. The maximum atomic E-state index is 11.7. The molecule has 1 heterocycles. The Morgan fingerprint density at radius 3 is 2.57 bits per heavy atom. The van der Waals surface area contributed by atoms with Gasteiger partial charge in [-0.1, -0.05) is 5.21 Å². The molecule has 23 heavy (non-hydrogen) atoms. The van der Waals surface area contributed by atoms with Gasteiger partial charge in [-0.3, -0.25) is 9.52 Å². The Bertz CT molecular complexity index is 964. The van der Waals surface area contributed by atoms with Crippen molar-refractivity contribution in [3.05, 3.63) is 42.5 Å². The number of fused-ring (bicyclic) bond motifs is 1. The maximum absolute atomic E-state index is 11.7. The lowest BCUT2D eigenvalue weighted by atomic mass is 10.2. The fraction of sp³-hybridized carbons (Fsp3) is 0.0714. The molecule has 0 radical (unpaired) electrons. The number of hydrogen-bond acceptors (Lipinski definition) is 6. The van der Waals surface area contributed by atoms with Gasteiger partial charge in [-0.15, -0.1) is 5.10 Å². The molecule has 0 bridgehead atoms. The summed E-state index contributed by atoms with van der Waals surface area (Å²) in [5.41, 5.74) is 2.05. The minimum absolute atomic E-state index is 0.0144. The summed E-state index contributed by atoms with van der Waals surface area (Å²) in [6.45, 7) is 0. The SMILES string of the molecule is COc1ccc2c(c1)nnn2-c1ccc(S(=O)(=O)NC=O)cc1. The molecule has 0 spiro atoms. The van der Waals surface area contributed by atoms with Gasteiger partial charge in [-0.25, -0.2) is 13.1 Å². The van der Waals surface area contributed by atoms with E-state index in [9.17, 15) is 13.2 Å². The lowest BCUT2D eigenvalue weighted by Crippen LogP contribution is -2.21. The molecule has 118 valence electrons. The van der Waals surface area contributed by atoms with E-state index in [1.165, 1.54) is 12.1 Å². The summed E-state index contributed by atoms with van der Waals surface area (Å²) >= 11 is 0. The first-order valence-corrected chi connectivity index (χ1v) is 7.99. The summed E-state index contributed by atoms with van der Waals surface area (Å²) < 4.78 is 31.9. The van der Waals surface area contributed by atoms with Crippen LogP contribution >= 0.6 is 0 Å². The van der Waals surface area contributed by atoms with E-state index >= 15 is 0 Å². The number of methoxy groups -OCH3 is 1. The molecule has 3 rings (SSSR count). The highest BCUT2D eigenvalue weighted by Crippen LogP contribution is 2.22. The van der Waals surface area contributed by atoms with E-state index in [1.807, 2.05) is 6.07 Å². The van der Waals surface area contributed by atoms with Crippen LogP contribution in [0.25, 0.3) is 16.7 Å². The maximum Gasteiger partial charge on any atom is 0.263 e. The lowest BCUT2D eigenvalue weighted by Gasteiger charge is -2.05. The highest BCUT2D eigenvalue weighted by molar-refractivity contribution is 7.90. The zero-order valence-corrected chi connectivity index (χ0v) is 12.8. The number of rotatable bonds is 5. The van der Waals surface area contributed by atoms with Crippen molar-refractivity contribution in [1.29, 1.82) is 0 Å². The highest BCUT2D eigenvalue weighted by Gasteiger charge is 2.13. The summed E-state index contributed by atoms with van der Waals surface area (Å²) in [5, 5.41) is 8.12. The summed E-state index contributed by atoms with van der Waals surface area (Å²) in [4.78, 5) is 10.3. The molecule has 0 atom stereocenters. The van der Waals surface area contributed by atoms with Crippen molar-refractivity contribution in [3.63, 3.8) is 0 Å². The van der Waals surface area contributed by atoms with Gasteiger partial charge in [0.1, 0.15) is 11.3 Å². The molecule has 3 aromatic rings. The Morgan fingerprint density at radius 1 is 1.17 bits per heavy atom. The molecule has 0 saturated carbocycles. The summed E-state index contributed by atoms with van der Waals surface area (Å²) in [6.07, 6.45) is 0.127. The third kappa shape index (κ3) is 2.73. The number of amides is 1. The van der Waals surface area contributed by atoms with Crippen LogP contribution in [0, 0.1) is 0 Å². The van der Waals surface area contributed by atoms with Gasteiger partial charge in [0.25, 0.3) is 10.0 Å². The van der Waals surface area contributed by atoms with Gasteiger partial charge < -0.3 is 4.74 Å². The van der Waals surface area contributed by atoms with E-state index < -0.39 is 10.0 Å². The smallest absolute Gasteiger partial charge is 0.263 e. The van der Waals surface area contributed by atoms with Crippen LogP contribution in [0.3, 0.4) is 0 Å². The van der Waals surface area contributed by atoms with Gasteiger partial charge in [0.05, 0.1) is 23.2 Å². The molecule has 0 aliphatic rings. The van der Waals surface area contributed by atoms with E-state index in [0.29, 0.717) is 17.0 Å². The summed E-state index contributed by atoms with van der Waals surface area (Å²) in [7, 11) is -2.26. The van der Waals surface area contributed by atoms with E-state index in [4.69, 9.17) is 4.74 Å². The predicted molar refractivity (Wildman–Crippen MR) is 81.8 cm³/mol. The average Bonchev–Trinajstić information content (AvgIpc) is 2.98. The standard InChI is InChI=1S/C14H12N4O4S/c1-22-11-4-7-14-13(8-11)16-17-18(14)10-2-5-12(6-3-10)23(20,21)15-9-19/h2-9H,1H3,(H,15,19). The zero-order valence-electron chi connectivity index (χ0n) is 12.0. The van der Waals surface area contributed by atoms with Crippen molar-refractivity contribution in [2.75, 3.05) is 7.11 Å². The molecule has 0 aliphatic carbocycles. The second kappa shape index (κ2) is 5.69. The van der Waals surface area contributed by atoms with Crippen LogP contribution in [0.4, 0.5) is 0 Å². The average molecular weight is 332 g/mol. The van der Waals surface area contributed by atoms with E-state index in [-0.39, 0.29) is 11.3 Å². The summed E-state index contributed by atoms with van der Waals surface area (Å²) in [6, 6.07) is 11.3. The van der Waals surface area contributed by atoms with Crippen molar-refractivity contribution < 1.29 is 17.9 Å². The van der Waals surface area contributed by atoms with Gasteiger partial charge in [0.15, 0.2) is 0 Å². The van der Waals surface area contributed by atoms with Gasteiger partial charge in [0, 0.05) is 6.07 Å². The molecule has 0 saturated heterocycles. The van der Waals surface area contributed by atoms with Gasteiger partial charge in [-0.05, 0) is 36.4 Å². The third-order valence-electron chi connectivity index (χ3n) is 3.25. The van der Waals surface area contributed by atoms with E-state index in [0.717, 1.165) is 5.52 Å². The Morgan fingerprint density at radius 2 is 1.91 bits per heavy atom. The molecule has 0 aliphatic heterocycles. The quantitative estimate of drug-likeness (QED) is 0.695. The molecule has 9 heteroatoms. The van der Waals surface area contributed by atoms with Crippen LogP contribution in [0.15, 0.2) is 47.4 Å². The fourth-order valence-corrected chi connectivity index (χ4v) is 2.88. The normalized spacial score (nSPS) is 11.3. The number of benzene rings is 2. The molecule has 2 aromatic carbocycles. The fourth-order valence-electron chi connectivity index (χ4n) is 2.12. The Labute approximate surface area is 131 Å². The molecule has 0 fully saturated rings. The Kier molecular flexibility index (Phi) is 3.70. The van der Waals surface area contributed by atoms with Crippen LogP contribution < -0.4 is 9.46 Å². The highest BCUT2D eigenvalue weighted by atomic mass is 32.2. The van der Waals surface area contributed by atoms with Gasteiger partial charge in [-0.2, -0.15) is 0 Å². The van der Waals surface area contributed by atoms with Crippen molar-refractivity contribution >= 4 is 27.5 Å². The molecule has 0 unspecified atom stereocenters. The van der Waals surface area contributed by atoms with Crippen LogP contribution in [0.2, 0.25) is 0 Å². The second-order valence-corrected chi connectivity index (χ2v) is 6.30. The second-order valence-electron chi connectivity index (χ2n) is 4.59. The molecular weight excluding hydrogens is 320 g/mol. The van der Waals surface area contributed by atoms with Crippen molar-refractivity contribution in [1.82, 2.24) is 19.7 Å². The van der Waals surface area contributed by atoms with Crippen molar-refractivity contribution in [2.24, 2.45) is 0 Å². The van der Waals surface area contributed by atoms with Crippen LogP contribution in [0.1, 0.15) is 0 Å². The first-order chi connectivity index (χ1) is 11.0. The van der Waals surface area contributed by atoms with Crippen molar-refractivity contribution in [2.45, 2.75) is 4.90 Å². The number of hydrogen-bond donors (Lipinski definition) is 1. The minimum Gasteiger partial charge on any atom is -0.497 e. The van der Waals surface area contributed by atoms with Crippen molar-refractivity contribution in [3.8, 4) is 11.4 Å². The topological polar surface area (TPSA) is 103 Å². The number of ether oxygens (including phenoxy) is 1. The van der Waals surface area contributed by atoms with E-state index in [1.54, 1.807) is 40.8 Å². The number of nitrogens with one attached hydrogen (secondary N) is 1. The molecule has 1 N–H and O–H groups in total. The zero-order chi connectivity index (χ0) is 16.4. The third-order valence-corrected chi connectivity index (χ3v) is 4.55. The minimum atomic E-state index is -3.83. The number of nitrogens with zero attached hydrogens (tertiary/aromatic N) is 3.